The lowest BCUT2D eigenvalue weighted by Gasteiger charge is -2.16. The monoisotopic (exact) mass is 429 g/mol. The number of rotatable bonds is 6. The number of benzene rings is 2. The molecule has 1 amide bonds. The first kappa shape index (κ1) is 21.4. The van der Waals surface area contributed by atoms with Crippen LogP contribution in [0.15, 0.2) is 52.4 Å². The number of amides is 1. The van der Waals surface area contributed by atoms with Crippen LogP contribution < -0.4 is 5.56 Å². The maximum absolute atomic E-state index is 13.3. The summed E-state index contributed by atoms with van der Waals surface area (Å²) in [5.41, 5.74) is 2.30. The zero-order valence-corrected chi connectivity index (χ0v) is 18.5. The van der Waals surface area contributed by atoms with Crippen LogP contribution in [0.3, 0.4) is 0 Å². The van der Waals surface area contributed by atoms with Crippen LogP contribution in [0.25, 0.3) is 16.6 Å². The van der Waals surface area contributed by atoms with Crippen molar-refractivity contribution in [2.45, 2.75) is 31.3 Å². The molecule has 0 spiro atoms. The van der Waals surface area contributed by atoms with Crippen molar-refractivity contribution >= 4 is 40.2 Å². The molecule has 0 aliphatic heterocycles. The van der Waals surface area contributed by atoms with Crippen LogP contribution in [0, 0.1) is 0 Å². The Kier molecular flexibility index (Phi) is 6.65. The number of hydrogen-bond acceptors (Lipinski definition) is 4. The Balaban J connectivity index is 2.13. The van der Waals surface area contributed by atoms with E-state index >= 15 is 0 Å². The zero-order valence-electron chi connectivity index (χ0n) is 17.0. The number of thioether (sulfide) groups is 1. The number of fused-ring (bicyclic) bond motifs is 1. The predicted molar refractivity (Wildman–Crippen MR) is 120 cm³/mol. The van der Waals surface area contributed by atoms with E-state index in [4.69, 9.17) is 11.6 Å². The maximum Gasteiger partial charge on any atom is 0.266 e. The first-order chi connectivity index (χ1) is 13.8. The van der Waals surface area contributed by atoms with E-state index in [1.807, 2.05) is 24.3 Å². The predicted octanol–water partition coefficient (Wildman–Crippen LogP) is 4.73. The molecule has 0 aliphatic carbocycles. The largest absolute Gasteiger partial charge is 0.348 e. The zero-order chi connectivity index (χ0) is 21.1. The molecule has 1 atom stereocenters. The van der Waals surface area contributed by atoms with Crippen molar-refractivity contribution in [2.75, 3.05) is 19.8 Å². The SMILES string of the molecule is CCC(C)c1ccc(-n2c(SCC(=O)N(C)C)nc3cc(Cl)ccc3c2=O)cc1. The second-order valence-corrected chi connectivity index (χ2v) is 8.55. The lowest BCUT2D eigenvalue weighted by molar-refractivity contribution is -0.125. The van der Waals surface area contributed by atoms with Gasteiger partial charge in [-0.05, 0) is 48.2 Å². The van der Waals surface area contributed by atoms with Gasteiger partial charge in [-0.2, -0.15) is 0 Å². The Morgan fingerprint density at radius 1 is 1.21 bits per heavy atom. The normalized spacial score (nSPS) is 12.2. The second kappa shape index (κ2) is 9.01. The minimum absolute atomic E-state index is 0.0471. The lowest BCUT2D eigenvalue weighted by Crippen LogP contribution is -2.25. The molecule has 0 radical (unpaired) electrons. The van der Waals surface area contributed by atoms with Gasteiger partial charge in [0.25, 0.3) is 5.56 Å². The molecule has 0 saturated carbocycles. The average molecular weight is 430 g/mol. The third kappa shape index (κ3) is 4.65. The summed E-state index contributed by atoms with van der Waals surface area (Å²) in [5, 5.41) is 1.47. The molecule has 0 bridgehead atoms. The Bertz CT molecular complexity index is 1090. The molecule has 5 nitrogen and oxygen atoms in total. The van der Waals surface area contributed by atoms with Gasteiger partial charge in [0.2, 0.25) is 5.91 Å². The number of nitrogens with zero attached hydrogens (tertiary/aromatic N) is 3. The lowest BCUT2D eigenvalue weighted by atomic mass is 9.98. The molecule has 1 heterocycles. The topological polar surface area (TPSA) is 55.2 Å². The van der Waals surface area contributed by atoms with E-state index in [2.05, 4.69) is 18.8 Å². The van der Waals surface area contributed by atoms with Gasteiger partial charge in [0.05, 0.1) is 22.3 Å². The first-order valence-electron chi connectivity index (χ1n) is 9.47. The van der Waals surface area contributed by atoms with Gasteiger partial charge in [0.15, 0.2) is 5.16 Å². The van der Waals surface area contributed by atoms with Gasteiger partial charge < -0.3 is 4.90 Å². The van der Waals surface area contributed by atoms with Crippen molar-refractivity contribution in [3.05, 3.63) is 63.4 Å². The number of carbonyl (C=O) groups is 1. The van der Waals surface area contributed by atoms with Crippen molar-refractivity contribution in [1.29, 1.82) is 0 Å². The summed E-state index contributed by atoms with van der Waals surface area (Å²) < 4.78 is 1.57. The molecule has 0 saturated heterocycles. The van der Waals surface area contributed by atoms with Crippen LogP contribution in [-0.2, 0) is 4.79 Å². The number of hydrogen-bond donors (Lipinski definition) is 0. The van der Waals surface area contributed by atoms with Crippen LogP contribution in [-0.4, -0.2) is 40.2 Å². The molecule has 152 valence electrons. The molecular formula is C22H24ClN3O2S. The van der Waals surface area contributed by atoms with Crippen molar-refractivity contribution < 1.29 is 4.79 Å². The van der Waals surface area contributed by atoms with Gasteiger partial charge in [-0.1, -0.05) is 49.3 Å². The molecule has 7 heteroatoms. The van der Waals surface area contributed by atoms with Gasteiger partial charge in [0, 0.05) is 19.1 Å². The van der Waals surface area contributed by atoms with E-state index in [-0.39, 0.29) is 17.2 Å². The molecule has 1 aromatic heterocycles. The standard InChI is InChI=1S/C22H24ClN3O2S/c1-5-14(2)15-6-9-17(10-7-15)26-21(28)18-11-8-16(23)12-19(18)24-22(26)29-13-20(27)25(3)4/h6-12,14H,5,13H2,1-4H3. The summed E-state index contributed by atoms with van der Waals surface area (Å²) >= 11 is 7.34. The molecule has 3 rings (SSSR count). The summed E-state index contributed by atoms with van der Waals surface area (Å²) in [4.78, 5) is 31.5. The Morgan fingerprint density at radius 2 is 1.90 bits per heavy atom. The number of aromatic nitrogens is 2. The highest BCUT2D eigenvalue weighted by Crippen LogP contribution is 2.25. The van der Waals surface area contributed by atoms with E-state index in [9.17, 15) is 9.59 Å². The van der Waals surface area contributed by atoms with E-state index in [0.29, 0.717) is 27.0 Å². The van der Waals surface area contributed by atoms with Gasteiger partial charge in [-0.25, -0.2) is 4.98 Å². The summed E-state index contributed by atoms with van der Waals surface area (Å²) in [6.07, 6.45) is 1.05. The highest BCUT2D eigenvalue weighted by Gasteiger charge is 2.16. The van der Waals surface area contributed by atoms with Gasteiger partial charge in [-0.3, -0.25) is 14.2 Å². The molecule has 0 aliphatic rings. The van der Waals surface area contributed by atoms with Gasteiger partial charge in [-0.15, -0.1) is 0 Å². The van der Waals surface area contributed by atoms with Crippen molar-refractivity contribution in [1.82, 2.24) is 14.5 Å². The average Bonchev–Trinajstić information content (AvgIpc) is 2.71. The van der Waals surface area contributed by atoms with Gasteiger partial charge >= 0.3 is 0 Å². The fraction of sp³-hybridized carbons (Fsp3) is 0.318. The van der Waals surface area contributed by atoms with Crippen molar-refractivity contribution in [3.8, 4) is 5.69 Å². The van der Waals surface area contributed by atoms with Crippen LogP contribution in [0.5, 0.6) is 0 Å². The summed E-state index contributed by atoms with van der Waals surface area (Å²) in [7, 11) is 3.41. The van der Waals surface area contributed by atoms with Crippen LogP contribution >= 0.6 is 23.4 Å². The smallest absolute Gasteiger partial charge is 0.266 e. The second-order valence-electron chi connectivity index (χ2n) is 7.17. The minimum atomic E-state index is -0.178. The van der Waals surface area contributed by atoms with E-state index in [0.717, 1.165) is 12.1 Å². The minimum Gasteiger partial charge on any atom is -0.348 e. The highest BCUT2D eigenvalue weighted by atomic mass is 35.5. The maximum atomic E-state index is 13.3. The fourth-order valence-corrected chi connectivity index (χ4v) is 4.06. The fourth-order valence-electron chi connectivity index (χ4n) is 2.91. The van der Waals surface area contributed by atoms with E-state index in [1.165, 1.54) is 22.2 Å². The van der Waals surface area contributed by atoms with Gasteiger partial charge in [0.1, 0.15) is 0 Å². The van der Waals surface area contributed by atoms with Crippen LogP contribution in [0.4, 0.5) is 0 Å². The molecule has 2 aromatic carbocycles. The van der Waals surface area contributed by atoms with Crippen LogP contribution in [0.2, 0.25) is 5.02 Å². The van der Waals surface area contributed by atoms with Crippen molar-refractivity contribution in [3.63, 3.8) is 0 Å². The number of carbonyl (C=O) groups excluding carboxylic acids is 1. The third-order valence-corrected chi connectivity index (χ3v) is 6.12. The Labute approximate surface area is 179 Å². The molecule has 0 N–H and O–H groups in total. The molecule has 3 aromatic rings. The molecule has 1 unspecified atom stereocenters. The Morgan fingerprint density at radius 3 is 2.52 bits per heavy atom. The summed E-state index contributed by atoms with van der Waals surface area (Å²) in [5.74, 6) is 0.592. The van der Waals surface area contributed by atoms with Crippen molar-refractivity contribution in [2.24, 2.45) is 0 Å². The summed E-state index contributed by atoms with van der Waals surface area (Å²) in [6.45, 7) is 4.33. The van der Waals surface area contributed by atoms with Crippen LogP contribution in [0.1, 0.15) is 31.7 Å². The van der Waals surface area contributed by atoms with E-state index in [1.54, 1.807) is 36.9 Å². The highest BCUT2D eigenvalue weighted by molar-refractivity contribution is 7.99. The summed E-state index contributed by atoms with van der Waals surface area (Å²) in [6, 6.07) is 13.0. The third-order valence-electron chi connectivity index (χ3n) is 4.96. The molecular weight excluding hydrogens is 406 g/mol. The number of halogens is 1. The van der Waals surface area contributed by atoms with E-state index < -0.39 is 0 Å². The molecule has 0 fully saturated rings. The quantitative estimate of drug-likeness (QED) is 0.419. The molecule has 29 heavy (non-hydrogen) atoms. The first-order valence-corrected chi connectivity index (χ1v) is 10.8. The Hall–Kier alpha value is -2.31.